The molecule has 1 aromatic heterocycles. The van der Waals surface area contributed by atoms with Gasteiger partial charge in [0.15, 0.2) is 0 Å². The zero-order chi connectivity index (χ0) is 16.4. The summed E-state index contributed by atoms with van der Waals surface area (Å²) in [6.45, 7) is 2.37. The summed E-state index contributed by atoms with van der Waals surface area (Å²) in [5.74, 6) is 0. The van der Waals surface area contributed by atoms with Crippen LogP contribution in [0.1, 0.15) is 31.2 Å². The average molecular weight is 318 g/mol. The minimum absolute atomic E-state index is 0.0926. The highest BCUT2D eigenvalue weighted by Crippen LogP contribution is 2.23. The number of nitrogens with zero attached hydrogens (tertiary/aromatic N) is 2. The fourth-order valence-corrected chi connectivity index (χ4v) is 3.05. The van der Waals surface area contributed by atoms with Crippen molar-refractivity contribution in [1.29, 1.82) is 0 Å². The second kappa shape index (κ2) is 6.33. The number of nitro benzene ring substituents is 1. The molecular weight excluding hydrogens is 300 g/mol. The van der Waals surface area contributed by atoms with Crippen molar-refractivity contribution in [3.05, 3.63) is 48.5 Å². The predicted molar refractivity (Wildman–Crippen MR) is 85.6 cm³/mol. The molecule has 3 rings (SSSR count). The molecule has 23 heavy (non-hydrogen) atoms. The van der Waals surface area contributed by atoms with Crippen molar-refractivity contribution in [2.45, 2.75) is 32.2 Å². The summed E-state index contributed by atoms with van der Waals surface area (Å²) < 4.78 is 0. The number of benzene rings is 1. The first kappa shape index (κ1) is 15.4. The molecule has 1 fully saturated rings. The highest BCUT2D eigenvalue weighted by atomic mass is 16.6. The molecule has 8 heteroatoms. The van der Waals surface area contributed by atoms with Gasteiger partial charge in [-0.3, -0.25) is 24.6 Å². The predicted octanol–water partition coefficient (Wildman–Crippen LogP) is 1.50. The second-order valence-electron chi connectivity index (χ2n) is 5.88. The lowest BCUT2D eigenvalue weighted by atomic mass is 10.1. The van der Waals surface area contributed by atoms with Crippen LogP contribution in [0.4, 0.5) is 5.69 Å². The molecule has 1 aliphatic heterocycles. The van der Waals surface area contributed by atoms with Crippen molar-refractivity contribution in [1.82, 2.24) is 14.9 Å². The number of fused-ring (bicyclic) bond motifs is 1. The van der Waals surface area contributed by atoms with Crippen LogP contribution in [0.5, 0.6) is 0 Å². The third-order valence-corrected chi connectivity index (χ3v) is 4.20. The fourth-order valence-electron chi connectivity index (χ4n) is 3.05. The Morgan fingerprint density at radius 1 is 1.04 bits per heavy atom. The van der Waals surface area contributed by atoms with Crippen LogP contribution in [-0.2, 0) is 6.54 Å². The zero-order valence-electron chi connectivity index (χ0n) is 12.6. The molecule has 0 aliphatic carbocycles. The topological polar surface area (TPSA) is 112 Å². The molecule has 0 bridgehead atoms. The van der Waals surface area contributed by atoms with Crippen LogP contribution in [0.3, 0.4) is 0 Å². The molecule has 2 heterocycles. The lowest BCUT2D eigenvalue weighted by Crippen LogP contribution is -2.30. The normalized spacial score (nSPS) is 16.3. The summed E-state index contributed by atoms with van der Waals surface area (Å²) in [4.78, 5) is 40.9. The maximum absolute atomic E-state index is 11.6. The highest BCUT2D eigenvalue weighted by molar-refractivity contribution is 5.80. The molecular formula is C15H18N4O4. The molecule has 0 unspecified atom stereocenters. The molecule has 0 saturated carbocycles. The van der Waals surface area contributed by atoms with Gasteiger partial charge in [0.05, 0.1) is 16.0 Å². The minimum Gasteiger partial charge on any atom is -0.316 e. The fraction of sp³-hybridized carbons (Fsp3) is 0.467. The van der Waals surface area contributed by atoms with Gasteiger partial charge >= 0.3 is 11.1 Å². The van der Waals surface area contributed by atoms with Crippen LogP contribution in [0.15, 0.2) is 21.7 Å². The number of aromatic amines is 2. The Hall–Kier alpha value is -2.48. The van der Waals surface area contributed by atoms with Crippen molar-refractivity contribution < 1.29 is 4.92 Å². The molecule has 2 aromatic rings. The van der Waals surface area contributed by atoms with E-state index >= 15 is 0 Å². The Kier molecular flexibility index (Phi) is 4.24. The van der Waals surface area contributed by atoms with Gasteiger partial charge in [-0.1, -0.05) is 12.8 Å². The molecule has 0 spiro atoms. The van der Waals surface area contributed by atoms with Gasteiger partial charge in [0, 0.05) is 18.7 Å². The maximum Gasteiger partial charge on any atom is 0.314 e. The van der Waals surface area contributed by atoms with E-state index in [9.17, 15) is 19.7 Å². The van der Waals surface area contributed by atoms with E-state index in [1.54, 1.807) is 0 Å². The van der Waals surface area contributed by atoms with Crippen molar-refractivity contribution >= 4 is 16.7 Å². The van der Waals surface area contributed by atoms with Gasteiger partial charge in [-0.15, -0.1) is 0 Å². The van der Waals surface area contributed by atoms with Crippen molar-refractivity contribution in [3.8, 4) is 0 Å². The molecule has 0 atom stereocenters. The van der Waals surface area contributed by atoms with Crippen molar-refractivity contribution in [2.75, 3.05) is 13.1 Å². The molecule has 1 saturated heterocycles. The summed E-state index contributed by atoms with van der Waals surface area (Å²) in [7, 11) is 0. The van der Waals surface area contributed by atoms with Crippen LogP contribution in [0.2, 0.25) is 0 Å². The van der Waals surface area contributed by atoms with Crippen LogP contribution < -0.4 is 11.1 Å². The summed E-state index contributed by atoms with van der Waals surface area (Å²) >= 11 is 0. The summed E-state index contributed by atoms with van der Waals surface area (Å²) in [5, 5.41) is 11.1. The van der Waals surface area contributed by atoms with E-state index in [1.165, 1.54) is 25.0 Å². The number of H-pyrrole nitrogens is 2. The lowest BCUT2D eigenvalue weighted by Gasteiger charge is -2.20. The number of likely N-dealkylation sites (tertiary alicyclic amines) is 1. The zero-order valence-corrected chi connectivity index (χ0v) is 12.6. The minimum atomic E-state index is -0.807. The monoisotopic (exact) mass is 318 g/mol. The number of hydrogen-bond acceptors (Lipinski definition) is 5. The number of nitro groups is 1. The quantitative estimate of drug-likeness (QED) is 0.506. The van der Waals surface area contributed by atoms with Crippen molar-refractivity contribution in [3.63, 3.8) is 0 Å². The molecule has 1 aromatic carbocycles. The Balaban J connectivity index is 2.08. The first-order valence-corrected chi connectivity index (χ1v) is 7.70. The number of hydrogen-bond donors (Lipinski definition) is 2. The first-order valence-electron chi connectivity index (χ1n) is 7.70. The lowest BCUT2D eigenvalue weighted by molar-refractivity contribution is -0.384. The number of aromatic nitrogens is 2. The molecule has 8 nitrogen and oxygen atoms in total. The summed E-state index contributed by atoms with van der Waals surface area (Å²) in [6.07, 6.45) is 4.58. The van der Waals surface area contributed by atoms with E-state index in [-0.39, 0.29) is 11.2 Å². The number of non-ortho nitro benzene ring substituents is 1. The summed E-state index contributed by atoms with van der Waals surface area (Å²) in [5.41, 5.74) is -0.241. The van der Waals surface area contributed by atoms with E-state index in [0.29, 0.717) is 17.6 Å². The van der Waals surface area contributed by atoms with Gasteiger partial charge in [0.1, 0.15) is 0 Å². The average Bonchev–Trinajstić information content (AvgIpc) is 2.77. The maximum atomic E-state index is 11.6. The van der Waals surface area contributed by atoms with Gasteiger partial charge < -0.3 is 9.97 Å². The Labute approximate surface area is 131 Å². The van der Waals surface area contributed by atoms with Gasteiger partial charge in [-0.2, -0.15) is 0 Å². The Bertz CT molecular complexity index is 847. The van der Waals surface area contributed by atoms with Crippen LogP contribution >= 0.6 is 0 Å². The van der Waals surface area contributed by atoms with E-state index in [1.807, 2.05) is 0 Å². The highest BCUT2D eigenvalue weighted by Gasteiger charge is 2.17. The third-order valence-electron chi connectivity index (χ3n) is 4.20. The number of nitrogens with one attached hydrogen (secondary N) is 2. The number of rotatable bonds is 3. The van der Waals surface area contributed by atoms with E-state index in [4.69, 9.17) is 0 Å². The van der Waals surface area contributed by atoms with Crippen LogP contribution in [0.25, 0.3) is 11.0 Å². The van der Waals surface area contributed by atoms with Crippen LogP contribution in [0, 0.1) is 10.1 Å². The third kappa shape index (κ3) is 3.31. The standard InChI is InChI=1S/C15H18N4O4/c20-14-15(21)17-13-10(9-18-5-3-1-2-4-6-18)7-11(19(22)23)8-12(13)16-14/h7-8H,1-6,9H2,(H,16,20)(H,17,21). The molecule has 0 amide bonds. The second-order valence-corrected chi connectivity index (χ2v) is 5.88. The Morgan fingerprint density at radius 2 is 1.70 bits per heavy atom. The van der Waals surface area contributed by atoms with E-state index < -0.39 is 16.0 Å². The van der Waals surface area contributed by atoms with Gasteiger partial charge in [-0.05, 0) is 31.5 Å². The molecule has 2 N–H and O–H groups in total. The van der Waals surface area contributed by atoms with Gasteiger partial charge in [-0.25, -0.2) is 0 Å². The molecule has 1 aliphatic rings. The van der Waals surface area contributed by atoms with E-state index in [0.717, 1.165) is 25.9 Å². The largest absolute Gasteiger partial charge is 0.316 e. The first-order chi connectivity index (χ1) is 11.0. The van der Waals surface area contributed by atoms with Crippen LogP contribution in [-0.4, -0.2) is 32.9 Å². The van der Waals surface area contributed by atoms with E-state index in [2.05, 4.69) is 14.9 Å². The van der Waals surface area contributed by atoms with Crippen molar-refractivity contribution in [2.24, 2.45) is 0 Å². The molecule has 122 valence electrons. The van der Waals surface area contributed by atoms with Gasteiger partial charge in [0.25, 0.3) is 5.69 Å². The van der Waals surface area contributed by atoms with Gasteiger partial charge in [0.2, 0.25) is 0 Å². The Morgan fingerprint density at radius 3 is 2.35 bits per heavy atom. The smallest absolute Gasteiger partial charge is 0.314 e. The SMILES string of the molecule is O=c1[nH]c2cc([N+](=O)[O-])cc(CN3CCCCCC3)c2[nH]c1=O. The molecule has 0 radical (unpaired) electrons. The summed E-state index contributed by atoms with van der Waals surface area (Å²) in [6, 6.07) is 2.75.